The first-order valence-electron chi connectivity index (χ1n) is 8.86. The minimum Gasteiger partial charge on any atom is -0.352 e. The van der Waals surface area contributed by atoms with Gasteiger partial charge in [0.25, 0.3) is 0 Å². The van der Waals surface area contributed by atoms with E-state index < -0.39 is 0 Å². The fourth-order valence-electron chi connectivity index (χ4n) is 3.86. The van der Waals surface area contributed by atoms with E-state index in [9.17, 15) is 4.79 Å². The first-order valence-corrected chi connectivity index (χ1v) is 8.86. The van der Waals surface area contributed by atoms with Crippen LogP contribution in [-0.2, 0) is 11.8 Å². The summed E-state index contributed by atoms with van der Waals surface area (Å²) in [5, 5.41) is 6.68. The summed E-state index contributed by atoms with van der Waals surface area (Å²) in [6.45, 7) is 5.37. The molecule has 2 fully saturated rings. The maximum atomic E-state index is 12.5. The molecule has 128 valence electrons. The molecule has 1 aromatic rings. The predicted octanol–water partition coefficient (Wildman–Crippen LogP) is 1.06. The van der Waals surface area contributed by atoms with Crippen molar-refractivity contribution in [3.63, 3.8) is 0 Å². The van der Waals surface area contributed by atoms with Gasteiger partial charge in [0.05, 0.1) is 12.6 Å². The molecule has 0 radical (unpaired) electrons. The Morgan fingerprint density at radius 2 is 2.26 bits per heavy atom. The van der Waals surface area contributed by atoms with Crippen LogP contribution in [0.15, 0.2) is 12.4 Å². The van der Waals surface area contributed by atoms with E-state index in [0.717, 1.165) is 31.9 Å². The lowest BCUT2D eigenvalue weighted by Crippen LogP contribution is -2.52. The Labute approximate surface area is 138 Å². The van der Waals surface area contributed by atoms with Crippen molar-refractivity contribution >= 4 is 5.91 Å². The molecule has 3 rings (SSSR count). The maximum absolute atomic E-state index is 12.5. The minimum absolute atomic E-state index is 0.157. The first-order chi connectivity index (χ1) is 11.1. The van der Waals surface area contributed by atoms with Crippen LogP contribution in [0.3, 0.4) is 0 Å². The van der Waals surface area contributed by atoms with E-state index in [1.54, 1.807) is 0 Å². The Kier molecular flexibility index (Phi) is 5.33. The standard InChI is InChI=1S/C17H29N5O/c1-13-5-3-4-6-14(13)20-16(23)12-22-10-7-18-11-15(22)17-19-8-9-21(17)2/h8-9,13-15,18H,3-7,10-12H2,1-2H3,(H,20,23). The second-order valence-corrected chi connectivity index (χ2v) is 7.02. The number of rotatable bonds is 4. The lowest BCUT2D eigenvalue weighted by molar-refractivity contribution is -0.124. The van der Waals surface area contributed by atoms with E-state index in [4.69, 9.17) is 0 Å². The highest BCUT2D eigenvalue weighted by Gasteiger charge is 2.29. The zero-order valence-corrected chi connectivity index (χ0v) is 14.3. The molecular formula is C17H29N5O. The predicted molar refractivity (Wildman–Crippen MR) is 90.0 cm³/mol. The van der Waals surface area contributed by atoms with Crippen molar-refractivity contribution in [2.75, 3.05) is 26.2 Å². The average molecular weight is 319 g/mol. The van der Waals surface area contributed by atoms with Gasteiger partial charge in [0.1, 0.15) is 5.82 Å². The van der Waals surface area contributed by atoms with Crippen LogP contribution in [0.2, 0.25) is 0 Å². The molecule has 6 nitrogen and oxygen atoms in total. The minimum atomic E-state index is 0.157. The van der Waals surface area contributed by atoms with E-state index in [0.29, 0.717) is 18.5 Å². The molecule has 0 bridgehead atoms. The van der Waals surface area contributed by atoms with Gasteiger partial charge in [0.15, 0.2) is 0 Å². The first kappa shape index (κ1) is 16.5. The van der Waals surface area contributed by atoms with Crippen molar-refractivity contribution in [1.29, 1.82) is 0 Å². The number of nitrogens with one attached hydrogen (secondary N) is 2. The Bertz CT molecular complexity index is 529. The third-order valence-corrected chi connectivity index (χ3v) is 5.32. The highest BCUT2D eigenvalue weighted by Crippen LogP contribution is 2.24. The molecule has 6 heteroatoms. The Morgan fingerprint density at radius 3 is 3.00 bits per heavy atom. The number of carbonyl (C=O) groups excluding carboxylic acids is 1. The number of hydrogen-bond donors (Lipinski definition) is 2. The van der Waals surface area contributed by atoms with Gasteiger partial charge in [-0.2, -0.15) is 0 Å². The molecule has 2 aliphatic rings. The molecule has 23 heavy (non-hydrogen) atoms. The Morgan fingerprint density at radius 1 is 1.43 bits per heavy atom. The molecule has 1 aliphatic carbocycles. The second kappa shape index (κ2) is 7.45. The number of aryl methyl sites for hydroxylation is 1. The van der Waals surface area contributed by atoms with Crippen molar-refractivity contribution in [2.24, 2.45) is 13.0 Å². The molecule has 3 atom stereocenters. The van der Waals surface area contributed by atoms with Crippen LogP contribution in [0.4, 0.5) is 0 Å². The van der Waals surface area contributed by atoms with Crippen LogP contribution in [-0.4, -0.2) is 52.6 Å². The second-order valence-electron chi connectivity index (χ2n) is 7.02. The van der Waals surface area contributed by atoms with E-state index >= 15 is 0 Å². The van der Waals surface area contributed by atoms with Crippen LogP contribution in [0.25, 0.3) is 0 Å². The van der Waals surface area contributed by atoms with Crippen LogP contribution >= 0.6 is 0 Å². The van der Waals surface area contributed by atoms with Crippen LogP contribution in [0, 0.1) is 5.92 Å². The van der Waals surface area contributed by atoms with Gasteiger partial charge < -0.3 is 15.2 Å². The summed E-state index contributed by atoms with van der Waals surface area (Å²) in [6, 6.07) is 0.518. The van der Waals surface area contributed by atoms with Crippen molar-refractivity contribution in [2.45, 2.75) is 44.7 Å². The summed E-state index contributed by atoms with van der Waals surface area (Å²) < 4.78 is 2.05. The normalized spacial score (nSPS) is 29.4. The summed E-state index contributed by atoms with van der Waals surface area (Å²) in [6.07, 6.45) is 8.68. The van der Waals surface area contributed by atoms with E-state index in [1.807, 2.05) is 24.0 Å². The molecule has 1 saturated heterocycles. The number of piperazine rings is 1. The number of carbonyl (C=O) groups is 1. The monoisotopic (exact) mass is 319 g/mol. The van der Waals surface area contributed by atoms with Crippen molar-refractivity contribution in [3.8, 4) is 0 Å². The molecule has 1 saturated carbocycles. The van der Waals surface area contributed by atoms with Gasteiger partial charge in [-0.05, 0) is 18.8 Å². The molecule has 2 heterocycles. The van der Waals surface area contributed by atoms with Gasteiger partial charge >= 0.3 is 0 Å². The van der Waals surface area contributed by atoms with E-state index in [-0.39, 0.29) is 11.9 Å². The van der Waals surface area contributed by atoms with Gasteiger partial charge in [-0.15, -0.1) is 0 Å². The topological polar surface area (TPSA) is 62.2 Å². The Hall–Kier alpha value is -1.40. The zero-order valence-electron chi connectivity index (χ0n) is 14.3. The van der Waals surface area contributed by atoms with Crippen molar-refractivity contribution in [3.05, 3.63) is 18.2 Å². The number of amides is 1. The number of imidazole rings is 1. The SMILES string of the molecule is CC1CCCCC1NC(=O)CN1CCNCC1c1nccn1C. The number of aromatic nitrogens is 2. The molecule has 0 aromatic carbocycles. The van der Waals surface area contributed by atoms with E-state index in [1.165, 1.54) is 19.3 Å². The van der Waals surface area contributed by atoms with Crippen LogP contribution < -0.4 is 10.6 Å². The fraction of sp³-hybridized carbons (Fsp3) is 0.765. The third-order valence-electron chi connectivity index (χ3n) is 5.32. The molecule has 1 amide bonds. The van der Waals surface area contributed by atoms with Crippen LogP contribution in [0.1, 0.15) is 44.5 Å². The van der Waals surface area contributed by atoms with Gasteiger partial charge in [-0.25, -0.2) is 4.98 Å². The smallest absolute Gasteiger partial charge is 0.234 e. The van der Waals surface area contributed by atoms with Gasteiger partial charge in [0, 0.05) is 45.1 Å². The van der Waals surface area contributed by atoms with Crippen molar-refractivity contribution < 1.29 is 4.79 Å². The fourth-order valence-corrected chi connectivity index (χ4v) is 3.86. The molecular weight excluding hydrogens is 290 g/mol. The lowest BCUT2D eigenvalue weighted by Gasteiger charge is -2.36. The summed E-state index contributed by atoms with van der Waals surface area (Å²) in [5.41, 5.74) is 0. The van der Waals surface area contributed by atoms with E-state index in [2.05, 4.69) is 27.4 Å². The molecule has 3 unspecified atom stereocenters. The average Bonchev–Trinajstić information content (AvgIpc) is 2.96. The van der Waals surface area contributed by atoms with Gasteiger partial charge in [-0.3, -0.25) is 9.69 Å². The van der Waals surface area contributed by atoms with Gasteiger partial charge in [-0.1, -0.05) is 19.8 Å². The lowest BCUT2D eigenvalue weighted by atomic mass is 9.86. The number of hydrogen-bond acceptors (Lipinski definition) is 4. The Balaban J connectivity index is 1.60. The molecule has 1 aliphatic heterocycles. The summed E-state index contributed by atoms with van der Waals surface area (Å²) in [5.74, 6) is 1.78. The quantitative estimate of drug-likeness (QED) is 0.871. The molecule has 1 aromatic heterocycles. The largest absolute Gasteiger partial charge is 0.352 e. The summed E-state index contributed by atoms with van der Waals surface area (Å²) in [4.78, 5) is 19.3. The number of nitrogens with zero attached hydrogens (tertiary/aromatic N) is 3. The van der Waals surface area contributed by atoms with Gasteiger partial charge in [0.2, 0.25) is 5.91 Å². The van der Waals surface area contributed by atoms with Crippen LogP contribution in [0.5, 0.6) is 0 Å². The summed E-state index contributed by atoms with van der Waals surface area (Å²) in [7, 11) is 2.01. The highest BCUT2D eigenvalue weighted by atomic mass is 16.2. The van der Waals surface area contributed by atoms with Crippen molar-refractivity contribution in [1.82, 2.24) is 25.1 Å². The zero-order chi connectivity index (χ0) is 16.2. The maximum Gasteiger partial charge on any atom is 0.234 e. The summed E-state index contributed by atoms with van der Waals surface area (Å²) >= 11 is 0. The molecule has 0 spiro atoms. The molecule has 2 N–H and O–H groups in total. The highest BCUT2D eigenvalue weighted by molar-refractivity contribution is 5.78. The third kappa shape index (κ3) is 3.93.